The number of likely N-dealkylation sites (N-methyl/N-ethyl adjacent to an activating group) is 1. The zero-order valence-corrected chi connectivity index (χ0v) is 12.5. The Morgan fingerprint density at radius 3 is 2.20 bits per heavy atom. The van der Waals surface area contributed by atoms with Crippen LogP contribution in [0.15, 0.2) is 35.0 Å². The van der Waals surface area contributed by atoms with Crippen molar-refractivity contribution in [1.29, 1.82) is 0 Å². The summed E-state index contributed by atoms with van der Waals surface area (Å²) in [6.45, 7) is 0. The average molecular weight is 306 g/mol. The van der Waals surface area contributed by atoms with Gasteiger partial charge in [0.2, 0.25) is 11.8 Å². The first kappa shape index (κ1) is 13.5. The molecule has 1 fully saturated rings. The van der Waals surface area contributed by atoms with Crippen molar-refractivity contribution in [2.45, 2.75) is 18.5 Å². The molecule has 2 aromatic rings. The number of likely N-dealkylation sites (tertiary alicyclic amines) is 1. The van der Waals surface area contributed by atoms with E-state index in [1.807, 2.05) is 35.0 Å². The molecule has 0 radical (unpaired) electrons. The number of imide groups is 1. The Balaban J connectivity index is 1.85. The zero-order chi connectivity index (χ0) is 14.1. The van der Waals surface area contributed by atoms with Crippen LogP contribution in [0.4, 0.5) is 0 Å². The highest BCUT2D eigenvalue weighted by atomic mass is 32.1. The summed E-state index contributed by atoms with van der Waals surface area (Å²) in [7, 11) is 1.54. The molecule has 1 aliphatic heterocycles. The van der Waals surface area contributed by atoms with Crippen LogP contribution in [0.3, 0.4) is 0 Å². The number of amides is 2. The van der Waals surface area contributed by atoms with Gasteiger partial charge in [0.15, 0.2) is 0 Å². The number of carbonyl (C=O) groups is 2. The Labute approximate surface area is 125 Å². The molecule has 0 bridgehead atoms. The lowest BCUT2D eigenvalue weighted by Crippen LogP contribution is -2.39. The molecule has 1 saturated heterocycles. The fourth-order valence-electron chi connectivity index (χ4n) is 2.30. The van der Waals surface area contributed by atoms with E-state index in [0.29, 0.717) is 0 Å². The summed E-state index contributed by atoms with van der Waals surface area (Å²) < 4.78 is 0. The van der Waals surface area contributed by atoms with Crippen LogP contribution >= 0.6 is 22.7 Å². The SMILES string of the molecule is CN1C(=O)CC(NC(c2cccs2)c2cccs2)C1=O. The van der Waals surface area contributed by atoms with Crippen molar-refractivity contribution in [3.63, 3.8) is 0 Å². The molecule has 0 aromatic carbocycles. The Bertz CT molecular complexity index is 573. The number of hydrogen-bond acceptors (Lipinski definition) is 5. The maximum absolute atomic E-state index is 12.0. The molecule has 6 heteroatoms. The van der Waals surface area contributed by atoms with Crippen LogP contribution in [0, 0.1) is 0 Å². The molecular weight excluding hydrogens is 292 g/mol. The first-order valence-corrected chi connectivity index (χ1v) is 8.06. The molecule has 0 saturated carbocycles. The molecule has 1 unspecified atom stereocenters. The van der Waals surface area contributed by atoms with Crippen LogP contribution in [0.25, 0.3) is 0 Å². The molecule has 1 atom stereocenters. The van der Waals surface area contributed by atoms with Crippen LogP contribution in [0.1, 0.15) is 22.2 Å². The highest BCUT2D eigenvalue weighted by Gasteiger charge is 2.37. The lowest BCUT2D eigenvalue weighted by atomic mass is 10.1. The first-order chi connectivity index (χ1) is 9.66. The zero-order valence-electron chi connectivity index (χ0n) is 10.9. The Kier molecular flexibility index (Phi) is 3.69. The van der Waals surface area contributed by atoms with Gasteiger partial charge in [0.25, 0.3) is 0 Å². The Morgan fingerprint density at radius 1 is 1.20 bits per heavy atom. The van der Waals surface area contributed by atoms with E-state index in [1.165, 1.54) is 11.9 Å². The minimum atomic E-state index is -0.429. The number of nitrogens with zero attached hydrogens (tertiary/aromatic N) is 1. The number of nitrogens with one attached hydrogen (secondary N) is 1. The fraction of sp³-hybridized carbons (Fsp3) is 0.286. The van der Waals surface area contributed by atoms with Crippen LogP contribution in [-0.4, -0.2) is 29.8 Å². The molecule has 3 rings (SSSR count). The van der Waals surface area contributed by atoms with E-state index < -0.39 is 6.04 Å². The quantitative estimate of drug-likeness (QED) is 0.881. The van der Waals surface area contributed by atoms with Crippen LogP contribution in [-0.2, 0) is 9.59 Å². The summed E-state index contributed by atoms with van der Waals surface area (Å²) in [5, 5.41) is 7.38. The van der Waals surface area contributed by atoms with Crippen molar-refractivity contribution in [1.82, 2.24) is 10.2 Å². The van der Waals surface area contributed by atoms with Gasteiger partial charge in [0.05, 0.1) is 18.5 Å². The number of carbonyl (C=O) groups excluding carboxylic acids is 2. The molecule has 0 aliphatic carbocycles. The van der Waals surface area contributed by atoms with Gasteiger partial charge >= 0.3 is 0 Å². The summed E-state index contributed by atoms with van der Waals surface area (Å²) in [6.07, 6.45) is 0.239. The predicted molar refractivity (Wildman–Crippen MR) is 79.8 cm³/mol. The van der Waals surface area contributed by atoms with Crippen LogP contribution in [0.5, 0.6) is 0 Å². The maximum Gasteiger partial charge on any atom is 0.246 e. The molecule has 20 heavy (non-hydrogen) atoms. The van der Waals surface area contributed by atoms with Crippen LogP contribution < -0.4 is 5.32 Å². The van der Waals surface area contributed by atoms with E-state index >= 15 is 0 Å². The molecular formula is C14H14N2O2S2. The topological polar surface area (TPSA) is 49.4 Å². The van der Waals surface area contributed by atoms with E-state index in [2.05, 4.69) is 5.32 Å². The second-order valence-electron chi connectivity index (χ2n) is 4.68. The molecule has 1 N–H and O–H groups in total. The monoisotopic (exact) mass is 306 g/mol. The van der Waals surface area contributed by atoms with E-state index in [0.717, 1.165) is 9.75 Å². The van der Waals surface area contributed by atoms with Crippen molar-refractivity contribution >= 4 is 34.5 Å². The third-order valence-corrected chi connectivity index (χ3v) is 5.28. The molecule has 0 spiro atoms. The summed E-state index contributed by atoms with van der Waals surface area (Å²) in [4.78, 5) is 27.2. The summed E-state index contributed by atoms with van der Waals surface area (Å²) in [5.74, 6) is -0.267. The lowest BCUT2D eigenvalue weighted by Gasteiger charge is -2.19. The molecule has 4 nitrogen and oxygen atoms in total. The second-order valence-corrected chi connectivity index (χ2v) is 6.64. The number of rotatable bonds is 4. The van der Waals surface area contributed by atoms with Crippen LogP contribution in [0.2, 0.25) is 0 Å². The Morgan fingerprint density at radius 2 is 1.80 bits per heavy atom. The smallest absolute Gasteiger partial charge is 0.246 e. The van der Waals surface area contributed by atoms with Gasteiger partial charge in [-0.15, -0.1) is 22.7 Å². The highest BCUT2D eigenvalue weighted by molar-refractivity contribution is 7.11. The minimum Gasteiger partial charge on any atom is -0.293 e. The minimum absolute atomic E-state index is 0.0248. The van der Waals surface area contributed by atoms with Gasteiger partial charge in [-0.1, -0.05) is 12.1 Å². The van der Waals surface area contributed by atoms with Crippen molar-refractivity contribution in [2.75, 3.05) is 7.05 Å². The van der Waals surface area contributed by atoms with Gasteiger partial charge in [-0.3, -0.25) is 19.8 Å². The van der Waals surface area contributed by atoms with Gasteiger partial charge in [0.1, 0.15) is 0 Å². The first-order valence-electron chi connectivity index (χ1n) is 6.30. The van der Waals surface area contributed by atoms with E-state index in [-0.39, 0.29) is 24.3 Å². The van der Waals surface area contributed by atoms with E-state index in [9.17, 15) is 9.59 Å². The van der Waals surface area contributed by atoms with Gasteiger partial charge in [-0.2, -0.15) is 0 Å². The van der Waals surface area contributed by atoms with E-state index in [1.54, 1.807) is 22.7 Å². The van der Waals surface area contributed by atoms with Crippen molar-refractivity contribution in [3.8, 4) is 0 Å². The van der Waals surface area contributed by atoms with Gasteiger partial charge in [0, 0.05) is 16.8 Å². The standard InChI is InChI=1S/C14H14N2O2S2/c1-16-12(17)8-9(14(16)18)15-13(10-4-2-6-19-10)11-5-3-7-20-11/h2-7,9,13,15H,8H2,1H3. The molecule has 1 aliphatic rings. The molecule has 2 amide bonds. The van der Waals surface area contributed by atoms with Gasteiger partial charge < -0.3 is 0 Å². The summed E-state index contributed by atoms with van der Waals surface area (Å²) in [6, 6.07) is 7.64. The van der Waals surface area contributed by atoms with Gasteiger partial charge in [-0.05, 0) is 22.9 Å². The summed E-state index contributed by atoms with van der Waals surface area (Å²) >= 11 is 3.30. The normalized spacial score (nSPS) is 19.3. The third-order valence-electron chi connectivity index (χ3n) is 3.40. The second kappa shape index (κ2) is 5.47. The van der Waals surface area contributed by atoms with Crippen molar-refractivity contribution in [2.24, 2.45) is 0 Å². The van der Waals surface area contributed by atoms with Crippen molar-refractivity contribution < 1.29 is 9.59 Å². The molecule has 104 valence electrons. The fourth-order valence-corrected chi connectivity index (χ4v) is 3.98. The van der Waals surface area contributed by atoms with Gasteiger partial charge in [-0.25, -0.2) is 0 Å². The molecule has 2 aromatic heterocycles. The average Bonchev–Trinajstić information content (AvgIpc) is 3.16. The molecule has 3 heterocycles. The number of thiophene rings is 2. The highest BCUT2D eigenvalue weighted by Crippen LogP contribution is 2.30. The van der Waals surface area contributed by atoms with Crippen molar-refractivity contribution in [3.05, 3.63) is 44.8 Å². The lowest BCUT2D eigenvalue weighted by molar-refractivity contribution is -0.137. The Hall–Kier alpha value is -1.50. The maximum atomic E-state index is 12.0. The number of hydrogen-bond donors (Lipinski definition) is 1. The predicted octanol–water partition coefficient (Wildman–Crippen LogP) is 2.25. The van der Waals surface area contributed by atoms with E-state index in [4.69, 9.17) is 0 Å². The largest absolute Gasteiger partial charge is 0.293 e. The third kappa shape index (κ3) is 2.42. The summed E-state index contributed by atoms with van der Waals surface area (Å²) in [5.41, 5.74) is 0.